The predicted octanol–water partition coefficient (Wildman–Crippen LogP) is 2.71. The maximum atomic E-state index is 12.1. The number of benzene rings is 1. The van der Waals surface area contributed by atoms with E-state index < -0.39 is 11.4 Å². The minimum absolute atomic E-state index is 0.0780. The van der Waals surface area contributed by atoms with Crippen molar-refractivity contribution in [3.8, 4) is 0 Å². The van der Waals surface area contributed by atoms with Gasteiger partial charge in [0.1, 0.15) is 0 Å². The second kappa shape index (κ2) is 6.77. The highest BCUT2D eigenvalue weighted by Crippen LogP contribution is 2.30. The maximum Gasteiger partial charge on any atom is 0.311 e. The number of amides is 1. The van der Waals surface area contributed by atoms with E-state index in [1.165, 1.54) is 0 Å². The van der Waals surface area contributed by atoms with Gasteiger partial charge >= 0.3 is 5.97 Å². The molecular formula is C14H15BrClNO4. The van der Waals surface area contributed by atoms with E-state index in [2.05, 4.69) is 21.2 Å². The molecular weight excluding hydrogens is 362 g/mol. The lowest BCUT2D eigenvalue weighted by atomic mass is 9.80. The van der Waals surface area contributed by atoms with Crippen LogP contribution in [0.3, 0.4) is 0 Å². The molecule has 0 unspecified atom stereocenters. The number of carbonyl (C=O) groups excluding carboxylic acids is 1. The Morgan fingerprint density at radius 1 is 1.33 bits per heavy atom. The third kappa shape index (κ3) is 3.96. The Morgan fingerprint density at radius 3 is 2.57 bits per heavy atom. The first-order valence-corrected chi connectivity index (χ1v) is 7.65. The SMILES string of the molecule is O=C(NCC1(C(=O)O)CCOCC1)c1cc(Cl)cc(Br)c1. The predicted molar refractivity (Wildman–Crippen MR) is 81.6 cm³/mol. The fourth-order valence-corrected chi connectivity index (χ4v) is 3.12. The first-order chi connectivity index (χ1) is 9.93. The quantitative estimate of drug-likeness (QED) is 0.847. The van der Waals surface area contributed by atoms with Gasteiger partial charge in [-0.15, -0.1) is 0 Å². The normalized spacial score (nSPS) is 17.2. The Morgan fingerprint density at radius 2 is 2.00 bits per heavy atom. The van der Waals surface area contributed by atoms with E-state index in [0.29, 0.717) is 41.1 Å². The largest absolute Gasteiger partial charge is 0.481 e. The number of rotatable bonds is 4. The first-order valence-electron chi connectivity index (χ1n) is 6.48. The lowest BCUT2D eigenvalue weighted by molar-refractivity contribution is -0.154. The van der Waals surface area contributed by atoms with Gasteiger partial charge in [-0.3, -0.25) is 9.59 Å². The summed E-state index contributed by atoms with van der Waals surface area (Å²) >= 11 is 9.17. The summed E-state index contributed by atoms with van der Waals surface area (Å²) in [7, 11) is 0. The fraction of sp³-hybridized carbons (Fsp3) is 0.429. The van der Waals surface area contributed by atoms with Gasteiger partial charge in [-0.05, 0) is 31.0 Å². The highest BCUT2D eigenvalue weighted by atomic mass is 79.9. The Hall–Kier alpha value is -1.11. The second-order valence-corrected chi connectivity index (χ2v) is 6.39. The molecule has 1 saturated heterocycles. The van der Waals surface area contributed by atoms with Gasteiger partial charge < -0.3 is 15.2 Å². The summed E-state index contributed by atoms with van der Waals surface area (Å²) in [6.07, 6.45) is 0.781. The van der Waals surface area contributed by atoms with Crippen molar-refractivity contribution in [2.24, 2.45) is 5.41 Å². The summed E-state index contributed by atoms with van der Waals surface area (Å²) in [6.45, 7) is 0.866. The minimum atomic E-state index is -0.955. The van der Waals surface area contributed by atoms with Crippen molar-refractivity contribution in [1.82, 2.24) is 5.32 Å². The Kier molecular flexibility index (Phi) is 5.24. The zero-order valence-electron chi connectivity index (χ0n) is 11.2. The molecule has 1 aliphatic heterocycles. The topological polar surface area (TPSA) is 75.6 Å². The van der Waals surface area contributed by atoms with Crippen LogP contribution in [0.15, 0.2) is 22.7 Å². The smallest absolute Gasteiger partial charge is 0.311 e. The molecule has 1 amide bonds. The van der Waals surface area contributed by atoms with Crippen LogP contribution in [-0.4, -0.2) is 36.7 Å². The van der Waals surface area contributed by atoms with E-state index in [9.17, 15) is 14.7 Å². The molecule has 1 heterocycles. The van der Waals surface area contributed by atoms with Crippen LogP contribution in [0.1, 0.15) is 23.2 Å². The molecule has 0 radical (unpaired) electrons. The Bertz CT molecular complexity index is 538. The highest BCUT2D eigenvalue weighted by Gasteiger charge is 2.40. The summed E-state index contributed by atoms with van der Waals surface area (Å²) in [5, 5.41) is 12.6. The number of aliphatic carboxylic acids is 1. The van der Waals surface area contributed by atoms with Gasteiger partial charge in [-0.2, -0.15) is 0 Å². The summed E-state index contributed by atoms with van der Waals surface area (Å²) < 4.78 is 5.89. The molecule has 0 saturated carbocycles. The number of ether oxygens (including phenoxy) is 1. The van der Waals surface area contributed by atoms with Crippen molar-refractivity contribution in [3.63, 3.8) is 0 Å². The second-order valence-electron chi connectivity index (χ2n) is 5.04. The van der Waals surface area contributed by atoms with Crippen molar-refractivity contribution in [1.29, 1.82) is 0 Å². The number of nitrogens with one attached hydrogen (secondary N) is 1. The fourth-order valence-electron chi connectivity index (χ4n) is 2.26. The number of carboxylic acid groups (broad SMARTS) is 1. The molecule has 1 aromatic carbocycles. The summed E-state index contributed by atoms with van der Waals surface area (Å²) in [5.74, 6) is -1.25. The van der Waals surface area contributed by atoms with Gasteiger partial charge in [0.15, 0.2) is 0 Å². The number of carboxylic acids is 1. The molecule has 114 valence electrons. The van der Waals surface area contributed by atoms with E-state index in [1.54, 1.807) is 18.2 Å². The van der Waals surface area contributed by atoms with E-state index in [-0.39, 0.29) is 12.5 Å². The average Bonchev–Trinajstić information content (AvgIpc) is 2.44. The van der Waals surface area contributed by atoms with Crippen LogP contribution >= 0.6 is 27.5 Å². The molecule has 5 nitrogen and oxygen atoms in total. The number of hydrogen-bond acceptors (Lipinski definition) is 3. The number of hydrogen-bond donors (Lipinski definition) is 2. The van der Waals surface area contributed by atoms with E-state index in [0.717, 1.165) is 0 Å². The van der Waals surface area contributed by atoms with Gasteiger partial charge in [0.25, 0.3) is 5.91 Å². The lowest BCUT2D eigenvalue weighted by Crippen LogP contribution is -2.46. The molecule has 7 heteroatoms. The van der Waals surface area contributed by atoms with Crippen molar-refractivity contribution >= 4 is 39.4 Å². The molecule has 2 N–H and O–H groups in total. The van der Waals surface area contributed by atoms with Crippen molar-refractivity contribution in [2.45, 2.75) is 12.8 Å². The monoisotopic (exact) mass is 375 g/mol. The zero-order valence-corrected chi connectivity index (χ0v) is 13.5. The third-order valence-corrected chi connectivity index (χ3v) is 4.29. The van der Waals surface area contributed by atoms with Crippen LogP contribution in [0.4, 0.5) is 0 Å². The summed E-state index contributed by atoms with van der Waals surface area (Å²) in [4.78, 5) is 23.6. The van der Waals surface area contributed by atoms with Crippen molar-refractivity contribution < 1.29 is 19.4 Å². The molecule has 21 heavy (non-hydrogen) atoms. The number of carbonyl (C=O) groups is 2. The third-order valence-electron chi connectivity index (χ3n) is 3.62. The average molecular weight is 377 g/mol. The van der Waals surface area contributed by atoms with Crippen LogP contribution < -0.4 is 5.32 Å². The molecule has 0 aromatic heterocycles. The van der Waals surface area contributed by atoms with Crippen LogP contribution in [0, 0.1) is 5.41 Å². The zero-order chi connectivity index (χ0) is 15.5. The summed E-state index contributed by atoms with van der Waals surface area (Å²) in [5.41, 5.74) is -0.564. The lowest BCUT2D eigenvalue weighted by Gasteiger charge is -2.33. The van der Waals surface area contributed by atoms with Gasteiger partial charge in [-0.1, -0.05) is 27.5 Å². The van der Waals surface area contributed by atoms with E-state index >= 15 is 0 Å². The summed E-state index contributed by atoms with van der Waals surface area (Å²) in [6, 6.07) is 4.85. The maximum absolute atomic E-state index is 12.1. The Balaban J connectivity index is 2.06. The molecule has 0 atom stereocenters. The van der Waals surface area contributed by atoms with Crippen LogP contribution in [0.2, 0.25) is 5.02 Å². The molecule has 0 bridgehead atoms. The molecule has 1 aliphatic rings. The van der Waals surface area contributed by atoms with Gasteiger partial charge in [-0.25, -0.2) is 0 Å². The van der Waals surface area contributed by atoms with Crippen molar-refractivity contribution in [3.05, 3.63) is 33.3 Å². The minimum Gasteiger partial charge on any atom is -0.481 e. The molecule has 1 aromatic rings. The standard InChI is InChI=1S/C14H15BrClNO4/c15-10-5-9(6-11(16)7-10)12(18)17-8-14(13(19)20)1-3-21-4-2-14/h5-7H,1-4,8H2,(H,17,18)(H,19,20). The van der Waals surface area contributed by atoms with Crippen molar-refractivity contribution in [2.75, 3.05) is 19.8 Å². The molecule has 0 spiro atoms. The first kappa shape index (κ1) is 16.3. The van der Waals surface area contributed by atoms with Gasteiger partial charge in [0, 0.05) is 34.8 Å². The van der Waals surface area contributed by atoms with Gasteiger partial charge in [0.05, 0.1) is 5.41 Å². The van der Waals surface area contributed by atoms with E-state index in [1.807, 2.05) is 0 Å². The van der Waals surface area contributed by atoms with Crippen LogP contribution in [0.5, 0.6) is 0 Å². The molecule has 1 fully saturated rings. The Labute approximate surface area is 135 Å². The highest BCUT2D eigenvalue weighted by molar-refractivity contribution is 9.10. The molecule has 0 aliphatic carbocycles. The number of halogens is 2. The van der Waals surface area contributed by atoms with E-state index in [4.69, 9.17) is 16.3 Å². The van der Waals surface area contributed by atoms with Crippen LogP contribution in [-0.2, 0) is 9.53 Å². The van der Waals surface area contributed by atoms with Gasteiger partial charge in [0.2, 0.25) is 0 Å². The van der Waals surface area contributed by atoms with Crippen LogP contribution in [0.25, 0.3) is 0 Å². The molecule has 2 rings (SSSR count).